The first-order valence-corrected chi connectivity index (χ1v) is 8.91. The normalized spacial score (nSPS) is 22.6. The Hall–Kier alpha value is -1.55. The van der Waals surface area contributed by atoms with Gasteiger partial charge in [-0.2, -0.15) is 0 Å². The van der Waals surface area contributed by atoms with Gasteiger partial charge in [-0.25, -0.2) is 0 Å². The average Bonchev–Trinajstić information content (AvgIpc) is 2.94. The highest BCUT2D eigenvalue weighted by Crippen LogP contribution is 2.20. The largest absolute Gasteiger partial charge is 0.497 e. The number of hydrogen-bond donors (Lipinski definition) is 1. The first-order chi connectivity index (χ1) is 11.2. The van der Waals surface area contributed by atoms with E-state index in [9.17, 15) is 4.79 Å². The van der Waals surface area contributed by atoms with Crippen molar-refractivity contribution in [2.24, 2.45) is 0 Å². The van der Waals surface area contributed by atoms with E-state index in [1.165, 1.54) is 37.7 Å². The lowest BCUT2D eigenvalue weighted by Gasteiger charge is -2.26. The molecule has 126 valence electrons. The summed E-state index contributed by atoms with van der Waals surface area (Å²) >= 11 is 0. The molecule has 0 spiro atoms. The summed E-state index contributed by atoms with van der Waals surface area (Å²) in [5, 5.41) is 3.71. The van der Waals surface area contributed by atoms with E-state index in [0.29, 0.717) is 24.4 Å². The summed E-state index contributed by atoms with van der Waals surface area (Å²) in [6.45, 7) is 1.68. The Morgan fingerprint density at radius 1 is 1.13 bits per heavy atom. The van der Waals surface area contributed by atoms with Crippen molar-refractivity contribution in [2.45, 2.75) is 57.0 Å². The van der Waals surface area contributed by atoms with E-state index in [1.807, 2.05) is 17.0 Å². The fourth-order valence-electron chi connectivity index (χ4n) is 3.76. The third kappa shape index (κ3) is 4.47. The minimum atomic E-state index is 0.298. The summed E-state index contributed by atoms with van der Waals surface area (Å²) in [6, 6.07) is 9.10. The zero-order valence-electron chi connectivity index (χ0n) is 14.1. The maximum atomic E-state index is 12.2. The molecule has 1 aromatic carbocycles. The van der Waals surface area contributed by atoms with E-state index in [0.717, 1.165) is 25.3 Å². The Balaban J connectivity index is 1.45. The zero-order chi connectivity index (χ0) is 16.1. The molecule has 23 heavy (non-hydrogen) atoms. The van der Waals surface area contributed by atoms with E-state index < -0.39 is 0 Å². The fourth-order valence-corrected chi connectivity index (χ4v) is 3.76. The summed E-state index contributed by atoms with van der Waals surface area (Å²) in [6.07, 6.45) is 8.16. The minimum Gasteiger partial charge on any atom is -0.497 e. The topological polar surface area (TPSA) is 41.6 Å². The van der Waals surface area contributed by atoms with Crippen LogP contribution in [0.3, 0.4) is 0 Å². The predicted molar refractivity (Wildman–Crippen MR) is 91.7 cm³/mol. The first kappa shape index (κ1) is 16.3. The Morgan fingerprint density at radius 2 is 1.87 bits per heavy atom. The molecule has 1 N–H and O–H groups in total. The van der Waals surface area contributed by atoms with Crippen molar-refractivity contribution in [3.8, 4) is 5.75 Å². The van der Waals surface area contributed by atoms with Crippen molar-refractivity contribution in [3.05, 3.63) is 29.8 Å². The number of likely N-dealkylation sites (tertiary alicyclic amines) is 1. The summed E-state index contributed by atoms with van der Waals surface area (Å²) < 4.78 is 5.18. The molecule has 1 amide bonds. The average molecular weight is 316 g/mol. The van der Waals surface area contributed by atoms with Crippen molar-refractivity contribution in [1.29, 1.82) is 0 Å². The molecule has 1 atom stereocenters. The summed E-state index contributed by atoms with van der Waals surface area (Å²) in [4.78, 5) is 14.2. The van der Waals surface area contributed by atoms with Crippen LogP contribution in [0.2, 0.25) is 0 Å². The SMILES string of the molecule is COc1ccc(CCN2C[C@@H](NC3CCCCC3)CC2=O)cc1. The van der Waals surface area contributed by atoms with Crippen LogP contribution < -0.4 is 10.1 Å². The Morgan fingerprint density at radius 3 is 2.57 bits per heavy atom. The van der Waals surface area contributed by atoms with Crippen molar-refractivity contribution in [3.63, 3.8) is 0 Å². The highest BCUT2D eigenvalue weighted by Gasteiger charge is 2.30. The number of carbonyl (C=O) groups excluding carboxylic acids is 1. The molecule has 4 heteroatoms. The van der Waals surface area contributed by atoms with Crippen LogP contribution in [0, 0.1) is 0 Å². The van der Waals surface area contributed by atoms with Gasteiger partial charge < -0.3 is 15.0 Å². The van der Waals surface area contributed by atoms with Crippen molar-refractivity contribution in [1.82, 2.24) is 10.2 Å². The predicted octanol–water partition coefficient (Wildman–Crippen LogP) is 2.76. The molecule has 0 unspecified atom stereocenters. The number of ether oxygens (including phenoxy) is 1. The molecule has 1 aromatic rings. The number of benzene rings is 1. The third-order valence-corrected chi connectivity index (χ3v) is 5.12. The molecule has 2 fully saturated rings. The molecule has 1 saturated carbocycles. The van der Waals surface area contributed by atoms with Gasteiger partial charge in [0.15, 0.2) is 0 Å². The summed E-state index contributed by atoms with van der Waals surface area (Å²) in [7, 11) is 1.68. The van der Waals surface area contributed by atoms with Gasteiger partial charge >= 0.3 is 0 Å². The first-order valence-electron chi connectivity index (χ1n) is 8.91. The molecular weight excluding hydrogens is 288 g/mol. The van der Waals surface area contributed by atoms with Gasteiger partial charge in [-0.3, -0.25) is 4.79 Å². The number of carbonyl (C=O) groups is 1. The van der Waals surface area contributed by atoms with E-state index in [1.54, 1.807) is 7.11 Å². The van der Waals surface area contributed by atoms with Crippen LogP contribution in [-0.4, -0.2) is 43.1 Å². The van der Waals surface area contributed by atoms with Gasteiger partial charge in [0.2, 0.25) is 5.91 Å². The number of hydrogen-bond acceptors (Lipinski definition) is 3. The molecule has 0 bridgehead atoms. The second kappa shape index (κ2) is 7.82. The van der Waals surface area contributed by atoms with Crippen LogP contribution in [0.4, 0.5) is 0 Å². The van der Waals surface area contributed by atoms with Gasteiger partial charge in [0.05, 0.1) is 7.11 Å². The third-order valence-electron chi connectivity index (χ3n) is 5.12. The van der Waals surface area contributed by atoms with Gasteiger partial charge in [0.25, 0.3) is 0 Å². The maximum Gasteiger partial charge on any atom is 0.224 e. The standard InChI is InChI=1S/C19H28N2O2/c1-23-18-9-7-15(8-10-18)11-12-21-14-17(13-19(21)22)20-16-5-3-2-4-6-16/h7-10,16-17,20H,2-6,11-14H2,1H3/t17-/m0/s1. The second-order valence-corrected chi connectivity index (χ2v) is 6.84. The van der Waals surface area contributed by atoms with Crippen LogP contribution in [0.1, 0.15) is 44.1 Å². The number of nitrogens with zero attached hydrogens (tertiary/aromatic N) is 1. The second-order valence-electron chi connectivity index (χ2n) is 6.84. The molecule has 1 aliphatic carbocycles. The van der Waals surface area contributed by atoms with Gasteiger partial charge in [-0.05, 0) is 37.0 Å². The summed E-state index contributed by atoms with van der Waals surface area (Å²) in [5.41, 5.74) is 1.25. The van der Waals surface area contributed by atoms with Crippen LogP contribution in [0.15, 0.2) is 24.3 Å². The highest BCUT2D eigenvalue weighted by atomic mass is 16.5. The van der Waals surface area contributed by atoms with Crippen molar-refractivity contribution < 1.29 is 9.53 Å². The number of rotatable bonds is 6. The smallest absolute Gasteiger partial charge is 0.224 e. The fraction of sp³-hybridized carbons (Fsp3) is 0.632. The molecule has 0 radical (unpaired) electrons. The molecule has 1 saturated heterocycles. The van der Waals surface area contributed by atoms with Gasteiger partial charge in [0, 0.05) is 31.6 Å². The molecule has 1 heterocycles. The Bertz CT molecular complexity index is 509. The van der Waals surface area contributed by atoms with Crippen LogP contribution in [0.25, 0.3) is 0 Å². The molecule has 2 aliphatic rings. The monoisotopic (exact) mass is 316 g/mol. The number of nitrogens with one attached hydrogen (secondary N) is 1. The van der Waals surface area contributed by atoms with Crippen molar-refractivity contribution >= 4 is 5.91 Å². The molecule has 1 aliphatic heterocycles. The number of amides is 1. The Kier molecular flexibility index (Phi) is 5.55. The number of methoxy groups -OCH3 is 1. The Labute approximate surface area is 139 Å². The molecule has 0 aromatic heterocycles. The van der Waals surface area contributed by atoms with Crippen LogP contribution >= 0.6 is 0 Å². The summed E-state index contributed by atoms with van der Waals surface area (Å²) in [5.74, 6) is 1.18. The molecular formula is C19H28N2O2. The van der Waals surface area contributed by atoms with E-state index >= 15 is 0 Å². The molecule has 3 rings (SSSR count). The lowest BCUT2D eigenvalue weighted by atomic mass is 9.95. The van der Waals surface area contributed by atoms with Gasteiger partial charge in [-0.15, -0.1) is 0 Å². The van der Waals surface area contributed by atoms with Crippen LogP contribution in [-0.2, 0) is 11.2 Å². The molecule has 4 nitrogen and oxygen atoms in total. The zero-order valence-corrected chi connectivity index (χ0v) is 14.1. The van der Waals surface area contributed by atoms with Gasteiger partial charge in [-0.1, -0.05) is 31.4 Å². The van der Waals surface area contributed by atoms with E-state index in [2.05, 4.69) is 17.4 Å². The van der Waals surface area contributed by atoms with E-state index in [-0.39, 0.29) is 0 Å². The van der Waals surface area contributed by atoms with Gasteiger partial charge in [0.1, 0.15) is 5.75 Å². The quantitative estimate of drug-likeness (QED) is 0.877. The minimum absolute atomic E-state index is 0.298. The lowest BCUT2D eigenvalue weighted by Crippen LogP contribution is -2.41. The maximum absolute atomic E-state index is 12.2. The van der Waals surface area contributed by atoms with E-state index in [4.69, 9.17) is 4.74 Å². The highest BCUT2D eigenvalue weighted by molar-refractivity contribution is 5.79. The van der Waals surface area contributed by atoms with Crippen LogP contribution in [0.5, 0.6) is 5.75 Å². The van der Waals surface area contributed by atoms with Crippen molar-refractivity contribution in [2.75, 3.05) is 20.2 Å². The lowest BCUT2D eigenvalue weighted by molar-refractivity contribution is -0.127.